The van der Waals surface area contributed by atoms with Crippen molar-refractivity contribution in [1.29, 1.82) is 0 Å². The molecular formula is C30H34ClO3P. The Balaban J connectivity index is 2.40. The third-order valence-corrected chi connectivity index (χ3v) is 8.38. The molecule has 0 spiro atoms. The minimum Gasteiger partial charge on any atom is -0.313 e. The van der Waals surface area contributed by atoms with E-state index >= 15 is 0 Å². The van der Waals surface area contributed by atoms with Crippen LogP contribution in [0.4, 0.5) is 0 Å². The molecule has 0 fully saturated rings. The molecule has 0 aliphatic carbocycles. The Hall–Kier alpha value is -2.48. The van der Waals surface area contributed by atoms with Crippen molar-refractivity contribution in [3.05, 3.63) is 98.6 Å². The Bertz CT molecular complexity index is 1270. The van der Waals surface area contributed by atoms with E-state index in [0.29, 0.717) is 32.6 Å². The van der Waals surface area contributed by atoms with Gasteiger partial charge in [0.05, 0.1) is 5.02 Å². The van der Waals surface area contributed by atoms with Gasteiger partial charge in [0, 0.05) is 22.0 Å². The first-order valence-corrected chi connectivity index (χ1v) is 13.9. The molecule has 184 valence electrons. The van der Waals surface area contributed by atoms with Gasteiger partial charge >= 0.3 is 0 Å². The van der Waals surface area contributed by atoms with Crippen LogP contribution in [-0.4, -0.2) is 11.3 Å². The Morgan fingerprint density at radius 3 is 1.89 bits per heavy atom. The van der Waals surface area contributed by atoms with Gasteiger partial charge in [-0.05, 0) is 53.0 Å². The second-order valence-corrected chi connectivity index (χ2v) is 12.0. The average molecular weight is 509 g/mol. The number of hydrogen-bond donors (Lipinski definition) is 0. The lowest BCUT2D eigenvalue weighted by Crippen LogP contribution is -2.25. The van der Waals surface area contributed by atoms with Crippen LogP contribution in [0.25, 0.3) is 0 Å². The van der Waals surface area contributed by atoms with Crippen LogP contribution >= 0.6 is 19.4 Å². The Labute approximate surface area is 214 Å². The van der Waals surface area contributed by atoms with E-state index in [4.69, 9.17) is 11.6 Å². The molecule has 35 heavy (non-hydrogen) atoms. The van der Waals surface area contributed by atoms with Crippen LogP contribution in [0.3, 0.4) is 0 Å². The minimum atomic E-state index is -2.99. The summed E-state index contributed by atoms with van der Waals surface area (Å²) in [5.74, 6) is -0.121. The fraction of sp³-hybridized carbons (Fsp3) is 0.333. The van der Waals surface area contributed by atoms with Gasteiger partial charge in [-0.1, -0.05) is 102 Å². The summed E-state index contributed by atoms with van der Waals surface area (Å²) in [7, 11) is -2.99. The summed E-state index contributed by atoms with van der Waals surface area (Å²) in [6.45, 7) is 14.0. The van der Waals surface area contributed by atoms with Gasteiger partial charge in [-0.25, -0.2) is 0 Å². The molecule has 3 nitrogen and oxygen atoms in total. The van der Waals surface area contributed by atoms with Gasteiger partial charge in [-0.15, -0.1) is 0 Å². The lowest BCUT2D eigenvalue weighted by atomic mass is 9.81. The fourth-order valence-electron chi connectivity index (χ4n) is 4.62. The molecule has 0 bridgehead atoms. The van der Waals surface area contributed by atoms with E-state index in [2.05, 4.69) is 13.8 Å². The highest BCUT2D eigenvalue weighted by molar-refractivity contribution is 7.71. The smallest absolute Gasteiger partial charge is 0.224 e. The van der Waals surface area contributed by atoms with Gasteiger partial charge in [-0.3, -0.25) is 9.59 Å². The van der Waals surface area contributed by atoms with Gasteiger partial charge in [0.1, 0.15) is 0 Å². The summed E-state index contributed by atoms with van der Waals surface area (Å²) >= 11 is 6.39. The zero-order chi connectivity index (χ0) is 26.0. The van der Waals surface area contributed by atoms with Crippen LogP contribution in [0, 0.1) is 6.92 Å². The molecule has 3 aromatic rings. The van der Waals surface area contributed by atoms with E-state index in [9.17, 15) is 14.2 Å². The Morgan fingerprint density at radius 1 is 0.771 bits per heavy atom. The van der Waals surface area contributed by atoms with Crippen molar-refractivity contribution >= 4 is 36.0 Å². The molecule has 3 aromatic carbocycles. The van der Waals surface area contributed by atoms with Gasteiger partial charge in [0.2, 0.25) is 5.52 Å². The molecule has 5 heteroatoms. The molecule has 0 aliphatic heterocycles. The van der Waals surface area contributed by atoms with Crippen LogP contribution in [0.5, 0.6) is 0 Å². The SMILES string of the molecule is Cc1cccc(Cl)c1C(=O)[PH](=O)c1c(C(C)C)cc(C(C)C)c(C(=O)c2ccccc2)c1C(C)C. The van der Waals surface area contributed by atoms with E-state index in [-0.39, 0.29) is 23.5 Å². The summed E-state index contributed by atoms with van der Waals surface area (Å²) in [4.78, 5) is 27.6. The fourth-order valence-corrected chi connectivity index (χ4v) is 7.08. The number of carbonyl (C=O) groups is 2. The number of rotatable bonds is 8. The number of aryl methyl sites for hydroxylation is 1. The van der Waals surface area contributed by atoms with Crippen LogP contribution in [-0.2, 0) is 4.57 Å². The zero-order valence-electron chi connectivity index (χ0n) is 21.5. The van der Waals surface area contributed by atoms with Crippen LogP contribution in [0.15, 0.2) is 54.6 Å². The third-order valence-electron chi connectivity index (χ3n) is 6.39. The maximum Gasteiger partial charge on any atom is 0.224 e. The Morgan fingerprint density at radius 2 is 1.37 bits per heavy atom. The predicted octanol–water partition coefficient (Wildman–Crippen LogP) is 8.28. The molecule has 0 amide bonds. The van der Waals surface area contributed by atoms with Gasteiger partial charge < -0.3 is 4.57 Å². The van der Waals surface area contributed by atoms with Crippen molar-refractivity contribution in [1.82, 2.24) is 0 Å². The van der Waals surface area contributed by atoms with Crippen molar-refractivity contribution < 1.29 is 14.2 Å². The summed E-state index contributed by atoms with van der Waals surface area (Å²) in [6.07, 6.45) is 0. The number of ketones is 1. The molecule has 0 radical (unpaired) electrons. The standard InChI is InChI=1S/C30H34ClO3P/c1-17(2)22-16-23(18(3)4)29(35(34)30(33)26-20(7)12-11-15-24(26)31)25(19(5)6)27(22)28(32)21-13-9-8-10-14-21/h8-19,35H,1-7H3. The molecule has 1 unspecified atom stereocenters. The van der Waals surface area contributed by atoms with Gasteiger partial charge in [-0.2, -0.15) is 0 Å². The van der Waals surface area contributed by atoms with Crippen molar-refractivity contribution in [3.8, 4) is 0 Å². The van der Waals surface area contributed by atoms with E-state index < -0.39 is 13.3 Å². The molecular weight excluding hydrogens is 475 g/mol. The molecule has 0 saturated carbocycles. The van der Waals surface area contributed by atoms with Crippen LogP contribution in [0.2, 0.25) is 5.02 Å². The second kappa shape index (κ2) is 11.1. The summed E-state index contributed by atoms with van der Waals surface area (Å²) in [5, 5.41) is 0.818. The highest BCUT2D eigenvalue weighted by Crippen LogP contribution is 2.41. The predicted molar refractivity (Wildman–Crippen MR) is 148 cm³/mol. The van der Waals surface area contributed by atoms with Gasteiger partial charge in [0.15, 0.2) is 13.6 Å². The van der Waals surface area contributed by atoms with E-state index in [1.54, 1.807) is 37.3 Å². The highest BCUT2D eigenvalue weighted by atomic mass is 35.5. The molecule has 3 rings (SSSR count). The average Bonchev–Trinajstić information content (AvgIpc) is 2.81. The van der Waals surface area contributed by atoms with Crippen LogP contribution < -0.4 is 5.30 Å². The monoisotopic (exact) mass is 508 g/mol. The number of carbonyl (C=O) groups excluding carboxylic acids is 2. The maximum atomic E-state index is 14.2. The maximum absolute atomic E-state index is 14.2. The molecule has 0 aliphatic rings. The zero-order valence-corrected chi connectivity index (χ0v) is 23.3. The number of halogens is 1. The molecule has 0 heterocycles. The first-order valence-electron chi connectivity index (χ1n) is 12.1. The van der Waals surface area contributed by atoms with E-state index in [0.717, 1.165) is 16.7 Å². The van der Waals surface area contributed by atoms with Crippen LogP contribution in [0.1, 0.15) is 108 Å². The van der Waals surface area contributed by atoms with E-state index in [1.165, 1.54) is 0 Å². The van der Waals surface area contributed by atoms with Crippen molar-refractivity contribution in [2.45, 2.75) is 66.2 Å². The van der Waals surface area contributed by atoms with E-state index in [1.807, 2.05) is 52.0 Å². The first-order chi connectivity index (χ1) is 16.5. The first kappa shape index (κ1) is 27.1. The highest BCUT2D eigenvalue weighted by Gasteiger charge is 2.32. The second-order valence-electron chi connectivity index (χ2n) is 9.97. The Kier molecular flexibility index (Phi) is 8.57. The molecule has 0 saturated heterocycles. The van der Waals surface area contributed by atoms with Crippen molar-refractivity contribution in [2.75, 3.05) is 0 Å². The lowest BCUT2D eigenvalue weighted by molar-refractivity contribution is 0.103. The topological polar surface area (TPSA) is 51.2 Å². The molecule has 0 N–H and O–H groups in total. The minimum absolute atomic E-state index is 0.0231. The lowest BCUT2D eigenvalue weighted by Gasteiger charge is -2.27. The third kappa shape index (κ3) is 5.37. The summed E-state index contributed by atoms with van der Waals surface area (Å²) < 4.78 is 14.2. The number of hydrogen-bond acceptors (Lipinski definition) is 3. The quantitative estimate of drug-likeness (QED) is 0.227. The van der Waals surface area contributed by atoms with Gasteiger partial charge in [0.25, 0.3) is 0 Å². The largest absolute Gasteiger partial charge is 0.313 e. The van der Waals surface area contributed by atoms with Crippen molar-refractivity contribution in [2.24, 2.45) is 0 Å². The summed E-state index contributed by atoms with van der Waals surface area (Å²) in [6, 6.07) is 16.4. The van der Waals surface area contributed by atoms with Crippen molar-refractivity contribution in [3.63, 3.8) is 0 Å². The molecule has 0 aromatic heterocycles. The summed E-state index contributed by atoms with van der Waals surface area (Å²) in [5.41, 5.74) is 4.18. The molecule has 1 atom stereocenters. The number of benzene rings is 3. The normalized spacial score (nSPS) is 12.4.